The van der Waals surface area contributed by atoms with Gasteiger partial charge in [-0.05, 0) is 210 Å². The van der Waals surface area contributed by atoms with Crippen molar-refractivity contribution in [2.24, 2.45) is 0 Å². The molecule has 18 aromatic rings. The van der Waals surface area contributed by atoms with Gasteiger partial charge < -0.3 is 9.13 Å². The lowest BCUT2D eigenvalue weighted by Crippen LogP contribution is -2.10. The summed E-state index contributed by atoms with van der Waals surface area (Å²) in [6, 6.07) is 120. The van der Waals surface area contributed by atoms with Crippen LogP contribution in [-0.2, 0) is 10.8 Å². The van der Waals surface area contributed by atoms with Crippen molar-refractivity contribution in [2.45, 2.75) is 52.4 Å². The Labute approximate surface area is 588 Å². The van der Waals surface area contributed by atoms with Gasteiger partial charge in [0, 0.05) is 43.4 Å². The van der Waals surface area contributed by atoms with Gasteiger partial charge in [-0.3, -0.25) is 4.57 Å². The van der Waals surface area contributed by atoms with E-state index in [1.165, 1.54) is 32.7 Å². The molecule has 6 heteroatoms. The number of nitrogens with zero attached hydrogens (tertiary/aromatic N) is 6. The van der Waals surface area contributed by atoms with Crippen molar-refractivity contribution >= 4 is 65.4 Å². The molecule has 101 heavy (non-hydrogen) atoms. The molecule has 0 amide bonds. The standard InChI is InChI=1S/C95H72N6/c1-94(2,3)73-45-49-87-81(59-73)75-35-19-23-39-83(75)99(87)85-41-25-21-37-77(85)91-96-92(78-38-22-26-42-86(78)100-84-40-24-20-36-76(84)82-60-74(95(4,5)6)46-50-88(82)100)98-93(97-91)101-89-47-43-65(71-53-67(61-27-11-7-12-28-61)51-68(54-71)62-29-13-8-14-30-62)57-79(89)80-58-66(44-48-90(80)101)72-55-69(63-31-15-9-16-32-63)52-70(56-72)64-33-17-10-18-34-64/h7-60H,1-6H3. The quantitative estimate of drug-likeness (QED) is 0.130. The fraction of sp³-hybridized carbons (Fsp3) is 0.0842. The van der Waals surface area contributed by atoms with Gasteiger partial charge in [0.1, 0.15) is 0 Å². The van der Waals surface area contributed by atoms with E-state index in [0.29, 0.717) is 17.6 Å². The summed E-state index contributed by atoms with van der Waals surface area (Å²) in [4.78, 5) is 17.4. The van der Waals surface area contributed by atoms with Crippen molar-refractivity contribution in [2.75, 3.05) is 0 Å². The molecule has 0 unspecified atom stereocenters. The maximum Gasteiger partial charge on any atom is 0.238 e. The molecule has 4 heterocycles. The number of hydrogen-bond acceptors (Lipinski definition) is 3. The lowest BCUT2D eigenvalue weighted by Gasteiger charge is -2.20. The molecule has 0 aliphatic carbocycles. The van der Waals surface area contributed by atoms with E-state index >= 15 is 0 Å². The number of aromatic nitrogens is 6. The normalized spacial score (nSPS) is 12.1. The maximum absolute atomic E-state index is 5.84. The number of fused-ring (bicyclic) bond motifs is 9. The summed E-state index contributed by atoms with van der Waals surface area (Å²) in [6.45, 7) is 13.7. The minimum atomic E-state index is -0.0491. The highest BCUT2D eigenvalue weighted by Crippen LogP contribution is 2.45. The van der Waals surface area contributed by atoms with Gasteiger partial charge in [-0.2, -0.15) is 9.97 Å². The zero-order chi connectivity index (χ0) is 68.1. The van der Waals surface area contributed by atoms with Gasteiger partial charge in [0.25, 0.3) is 0 Å². The molecule has 0 spiro atoms. The van der Waals surface area contributed by atoms with Crippen molar-refractivity contribution < 1.29 is 0 Å². The fourth-order valence-corrected chi connectivity index (χ4v) is 15.2. The molecule has 0 bridgehead atoms. The Balaban J connectivity index is 0.917. The molecular weight excluding hydrogens is 1230 g/mol. The highest BCUT2D eigenvalue weighted by Gasteiger charge is 2.27. The Morgan fingerprint density at radius 1 is 0.208 bits per heavy atom. The minimum absolute atomic E-state index is 0.0491. The predicted octanol–water partition coefficient (Wildman–Crippen LogP) is 25.1. The lowest BCUT2D eigenvalue weighted by molar-refractivity contribution is 0.591. The van der Waals surface area contributed by atoms with Crippen LogP contribution in [0.4, 0.5) is 0 Å². The van der Waals surface area contributed by atoms with E-state index in [4.69, 9.17) is 15.0 Å². The molecule has 482 valence electrons. The van der Waals surface area contributed by atoms with Crippen molar-refractivity contribution in [3.63, 3.8) is 0 Å². The Hall–Kier alpha value is -12.5. The highest BCUT2D eigenvalue weighted by molar-refractivity contribution is 6.13. The van der Waals surface area contributed by atoms with Crippen LogP contribution in [0.5, 0.6) is 0 Å². The van der Waals surface area contributed by atoms with Crippen molar-refractivity contribution in [1.29, 1.82) is 0 Å². The summed E-state index contributed by atoms with van der Waals surface area (Å²) in [5.74, 6) is 1.59. The number of para-hydroxylation sites is 4. The average molecular weight is 1300 g/mol. The van der Waals surface area contributed by atoms with Gasteiger partial charge in [0.15, 0.2) is 11.6 Å². The van der Waals surface area contributed by atoms with E-state index in [-0.39, 0.29) is 10.8 Å². The summed E-state index contributed by atoms with van der Waals surface area (Å²) in [5.41, 5.74) is 26.1. The third kappa shape index (κ3) is 10.8. The average Bonchev–Trinajstić information content (AvgIpc) is 1.63. The van der Waals surface area contributed by atoms with E-state index in [1.807, 2.05) is 0 Å². The second-order valence-electron chi connectivity index (χ2n) is 28.8. The SMILES string of the molecule is CC(C)(C)c1ccc2c(c1)c1ccccc1n2-c1ccccc1-c1nc(-c2ccccc2-n2c3ccccc3c3cc(C(C)(C)C)ccc32)nc(-n2c3ccc(-c4cc(-c5ccccc5)cc(-c5ccccc5)c4)cc3c3cc(-c4cc(-c5ccccc5)cc(-c5ccccc5)c4)ccc32)n1. The van der Waals surface area contributed by atoms with Crippen LogP contribution in [0.3, 0.4) is 0 Å². The molecule has 0 atom stereocenters. The van der Waals surface area contributed by atoms with Gasteiger partial charge in [-0.1, -0.05) is 248 Å². The molecule has 0 aliphatic rings. The zero-order valence-corrected chi connectivity index (χ0v) is 57.4. The largest absolute Gasteiger partial charge is 0.309 e. The third-order valence-corrected chi connectivity index (χ3v) is 20.4. The summed E-state index contributed by atoms with van der Waals surface area (Å²) >= 11 is 0. The fourth-order valence-electron chi connectivity index (χ4n) is 15.2. The van der Waals surface area contributed by atoms with Crippen LogP contribution >= 0.6 is 0 Å². The van der Waals surface area contributed by atoms with Crippen LogP contribution in [0, 0.1) is 0 Å². The first-order valence-electron chi connectivity index (χ1n) is 35.0. The summed E-state index contributed by atoms with van der Waals surface area (Å²) in [5, 5.41) is 6.90. The monoisotopic (exact) mass is 1300 g/mol. The lowest BCUT2D eigenvalue weighted by atomic mass is 9.86. The third-order valence-electron chi connectivity index (χ3n) is 20.4. The molecule has 0 aliphatic heterocycles. The van der Waals surface area contributed by atoms with E-state index < -0.39 is 0 Å². The maximum atomic E-state index is 5.84. The van der Waals surface area contributed by atoms with E-state index in [0.717, 1.165) is 133 Å². The topological polar surface area (TPSA) is 53.5 Å². The Morgan fingerprint density at radius 2 is 0.495 bits per heavy atom. The predicted molar refractivity (Wildman–Crippen MR) is 424 cm³/mol. The molecule has 18 rings (SSSR count). The van der Waals surface area contributed by atoms with Crippen LogP contribution in [-0.4, -0.2) is 28.7 Å². The second kappa shape index (κ2) is 24.2. The molecule has 14 aromatic carbocycles. The first-order valence-corrected chi connectivity index (χ1v) is 35.0. The molecule has 0 N–H and O–H groups in total. The van der Waals surface area contributed by atoms with E-state index in [2.05, 4.69) is 383 Å². The second-order valence-corrected chi connectivity index (χ2v) is 28.8. The first-order chi connectivity index (χ1) is 49.3. The Kier molecular flexibility index (Phi) is 14.6. The summed E-state index contributed by atoms with van der Waals surface area (Å²) in [6.07, 6.45) is 0. The number of rotatable bonds is 11. The van der Waals surface area contributed by atoms with Gasteiger partial charge in [0.05, 0.1) is 44.5 Å². The summed E-state index contributed by atoms with van der Waals surface area (Å²) < 4.78 is 7.10. The Morgan fingerprint density at radius 3 is 0.861 bits per heavy atom. The van der Waals surface area contributed by atoms with Crippen LogP contribution in [0.15, 0.2) is 328 Å². The van der Waals surface area contributed by atoms with Crippen molar-refractivity contribution in [3.8, 4) is 107 Å². The molecule has 0 fully saturated rings. The number of hydrogen-bond donors (Lipinski definition) is 0. The molecular formula is C95H72N6. The van der Waals surface area contributed by atoms with Crippen LogP contribution in [0.2, 0.25) is 0 Å². The Bertz CT molecular complexity index is 5770. The summed E-state index contributed by atoms with van der Waals surface area (Å²) in [7, 11) is 0. The van der Waals surface area contributed by atoms with Crippen LogP contribution < -0.4 is 0 Å². The van der Waals surface area contributed by atoms with Crippen LogP contribution in [0.1, 0.15) is 52.7 Å². The molecule has 0 saturated heterocycles. The zero-order valence-electron chi connectivity index (χ0n) is 57.4. The van der Waals surface area contributed by atoms with Gasteiger partial charge in [-0.25, -0.2) is 4.98 Å². The smallest absolute Gasteiger partial charge is 0.238 e. The van der Waals surface area contributed by atoms with Crippen molar-refractivity contribution in [3.05, 3.63) is 339 Å². The molecule has 0 saturated carbocycles. The highest BCUT2D eigenvalue weighted by atomic mass is 15.2. The van der Waals surface area contributed by atoms with Gasteiger partial charge >= 0.3 is 0 Å². The number of benzene rings is 14. The van der Waals surface area contributed by atoms with E-state index in [1.54, 1.807) is 0 Å². The van der Waals surface area contributed by atoms with Gasteiger partial charge in [-0.15, -0.1) is 0 Å². The van der Waals surface area contributed by atoms with Crippen LogP contribution in [0.25, 0.3) is 172 Å². The van der Waals surface area contributed by atoms with Crippen molar-refractivity contribution in [1.82, 2.24) is 28.7 Å². The molecule has 4 aromatic heterocycles. The molecule has 6 nitrogen and oxygen atoms in total. The minimum Gasteiger partial charge on any atom is -0.309 e. The van der Waals surface area contributed by atoms with E-state index in [9.17, 15) is 0 Å². The van der Waals surface area contributed by atoms with Gasteiger partial charge in [0.2, 0.25) is 5.95 Å². The molecule has 0 radical (unpaired) electrons. The first kappa shape index (κ1) is 60.9.